The lowest BCUT2D eigenvalue weighted by atomic mass is 10.0. The molecule has 0 aliphatic carbocycles. The zero-order chi connectivity index (χ0) is 13.9. The molecule has 0 fully saturated rings. The summed E-state index contributed by atoms with van der Waals surface area (Å²) >= 11 is 0. The maximum Gasteiger partial charge on any atom is 0.145 e. The third kappa shape index (κ3) is 3.78. The molecule has 0 heterocycles. The second-order valence-electron chi connectivity index (χ2n) is 5.24. The van der Waals surface area contributed by atoms with E-state index >= 15 is 0 Å². The van der Waals surface area contributed by atoms with E-state index < -0.39 is 11.0 Å². The molecule has 1 rings (SSSR count). The highest BCUT2D eigenvalue weighted by Crippen LogP contribution is 2.15. The molecule has 4 heteroatoms. The molecule has 0 aliphatic heterocycles. The summed E-state index contributed by atoms with van der Waals surface area (Å²) in [5.74, 6) is 0. The van der Waals surface area contributed by atoms with E-state index in [9.17, 15) is 4.21 Å². The Morgan fingerprint density at radius 1 is 1.33 bits per heavy atom. The topological polar surface area (TPSA) is 53.2 Å². The van der Waals surface area contributed by atoms with Crippen LogP contribution in [-0.2, 0) is 11.0 Å². The molecule has 0 saturated carbocycles. The Kier molecular flexibility index (Phi) is 4.42. The summed E-state index contributed by atoms with van der Waals surface area (Å²) in [6, 6.07) is 7.65. The summed E-state index contributed by atoms with van der Waals surface area (Å²) < 4.78 is 15.8. The monoisotopic (exact) mass is 262 g/mol. The first kappa shape index (κ1) is 14.6. The SMILES string of the molecule is CC(=N[S@](=O)C(C)(C)C)c1cc(C)cc(C#N)c1. The van der Waals surface area contributed by atoms with Gasteiger partial charge in [0.05, 0.1) is 22.1 Å². The van der Waals surface area contributed by atoms with Crippen molar-refractivity contribution in [1.82, 2.24) is 0 Å². The summed E-state index contributed by atoms with van der Waals surface area (Å²) in [7, 11) is -1.28. The predicted molar refractivity (Wildman–Crippen MR) is 76.0 cm³/mol. The van der Waals surface area contributed by atoms with E-state index in [4.69, 9.17) is 5.26 Å². The number of rotatable bonds is 2. The summed E-state index contributed by atoms with van der Waals surface area (Å²) in [6.07, 6.45) is 0. The molecule has 0 spiro atoms. The van der Waals surface area contributed by atoms with Gasteiger partial charge in [-0.3, -0.25) is 0 Å². The van der Waals surface area contributed by atoms with Gasteiger partial charge in [-0.1, -0.05) is 6.07 Å². The zero-order valence-electron chi connectivity index (χ0n) is 11.4. The van der Waals surface area contributed by atoms with Crippen molar-refractivity contribution in [3.63, 3.8) is 0 Å². The van der Waals surface area contributed by atoms with E-state index in [2.05, 4.69) is 10.5 Å². The standard InChI is InChI=1S/C14H18N2OS/c1-10-6-12(9-15)8-13(7-10)11(2)16-18(17)14(3,4)5/h6-8H,1-5H3/t18-/m1/s1. The van der Waals surface area contributed by atoms with E-state index in [1.165, 1.54) is 0 Å². The van der Waals surface area contributed by atoms with Crippen LogP contribution in [-0.4, -0.2) is 14.7 Å². The van der Waals surface area contributed by atoms with Crippen LogP contribution in [0.4, 0.5) is 0 Å². The highest BCUT2D eigenvalue weighted by Gasteiger charge is 2.19. The van der Waals surface area contributed by atoms with E-state index in [0.29, 0.717) is 11.3 Å². The minimum absolute atomic E-state index is 0.372. The van der Waals surface area contributed by atoms with Crippen LogP contribution in [0.5, 0.6) is 0 Å². The molecule has 0 N–H and O–H groups in total. The molecule has 0 aromatic heterocycles. The molecule has 0 aliphatic rings. The molecule has 0 amide bonds. The van der Waals surface area contributed by atoms with Gasteiger partial charge < -0.3 is 0 Å². The average molecular weight is 262 g/mol. The molecule has 1 aromatic rings. The van der Waals surface area contributed by atoms with Crippen molar-refractivity contribution in [3.8, 4) is 6.07 Å². The lowest BCUT2D eigenvalue weighted by Gasteiger charge is -2.14. The quantitative estimate of drug-likeness (QED) is 0.769. The van der Waals surface area contributed by atoms with Crippen LogP contribution in [0.2, 0.25) is 0 Å². The van der Waals surface area contributed by atoms with Crippen molar-refractivity contribution in [1.29, 1.82) is 5.26 Å². The van der Waals surface area contributed by atoms with Gasteiger partial charge >= 0.3 is 0 Å². The van der Waals surface area contributed by atoms with Crippen molar-refractivity contribution in [3.05, 3.63) is 34.9 Å². The smallest absolute Gasteiger partial charge is 0.145 e. The lowest BCUT2D eigenvalue weighted by molar-refractivity contribution is 0.650. The average Bonchev–Trinajstić information content (AvgIpc) is 2.26. The molecule has 18 heavy (non-hydrogen) atoms. The summed E-state index contributed by atoms with van der Waals surface area (Å²) in [4.78, 5) is 0. The van der Waals surface area contributed by atoms with Gasteiger partial charge in [-0.15, -0.1) is 0 Å². The molecule has 96 valence electrons. The van der Waals surface area contributed by atoms with Gasteiger partial charge in [-0.2, -0.15) is 9.66 Å². The molecule has 0 bridgehead atoms. The van der Waals surface area contributed by atoms with Crippen molar-refractivity contribution < 1.29 is 4.21 Å². The van der Waals surface area contributed by atoms with Crippen molar-refractivity contribution in [2.75, 3.05) is 0 Å². The van der Waals surface area contributed by atoms with Gasteiger partial charge in [0.1, 0.15) is 11.0 Å². The molecule has 0 radical (unpaired) electrons. The number of nitrogens with zero attached hydrogens (tertiary/aromatic N) is 2. The predicted octanol–water partition coefficient (Wildman–Crippen LogP) is 3.14. The summed E-state index contributed by atoms with van der Waals surface area (Å²) in [5, 5.41) is 8.93. The van der Waals surface area contributed by atoms with Gasteiger partial charge in [0.15, 0.2) is 0 Å². The molecular weight excluding hydrogens is 244 g/mol. The Balaban J connectivity index is 3.16. The Bertz CT molecular complexity index is 548. The molecule has 0 unspecified atom stereocenters. The largest absolute Gasteiger partial charge is 0.234 e. The first-order valence-electron chi connectivity index (χ1n) is 5.73. The second-order valence-corrected chi connectivity index (χ2v) is 7.14. The van der Waals surface area contributed by atoms with Gasteiger partial charge in [-0.05, 0) is 57.9 Å². The first-order chi connectivity index (χ1) is 8.24. The minimum Gasteiger partial charge on any atom is -0.234 e. The maximum absolute atomic E-state index is 11.9. The first-order valence-corrected chi connectivity index (χ1v) is 6.84. The molecule has 1 aromatic carbocycles. The van der Waals surface area contributed by atoms with Crippen LogP contribution in [0.25, 0.3) is 0 Å². The van der Waals surface area contributed by atoms with Gasteiger partial charge in [0, 0.05) is 0 Å². The maximum atomic E-state index is 11.9. The van der Waals surface area contributed by atoms with Crippen LogP contribution in [0.3, 0.4) is 0 Å². The van der Waals surface area contributed by atoms with Crippen molar-refractivity contribution >= 4 is 16.7 Å². The van der Waals surface area contributed by atoms with E-state index in [1.54, 1.807) is 6.07 Å². The van der Waals surface area contributed by atoms with E-state index in [-0.39, 0.29) is 4.75 Å². The zero-order valence-corrected chi connectivity index (χ0v) is 12.3. The molecule has 0 saturated heterocycles. The number of hydrogen-bond acceptors (Lipinski definition) is 2. The molecule has 3 nitrogen and oxygen atoms in total. The van der Waals surface area contributed by atoms with Crippen LogP contribution in [0, 0.1) is 18.3 Å². The number of nitriles is 1. The molecular formula is C14H18N2OS. The third-order valence-electron chi connectivity index (χ3n) is 2.37. The van der Waals surface area contributed by atoms with Crippen LogP contribution >= 0.6 is 0 Å². The fourth-order valence-corrected chi connectivity index (χ4v) is 2.00. The number of benzene rings is 1. The Morgan fingerprint density at radius 2 is 1.94 bits per heavy atom. The highest BCUT2D eigenvalue weighted by molar-refractivity contribution is 7.85. The highest BCUT2D eigenvalue weighted by atomic mass is 32.2. The number of hydrogen-bond donors (Lipinski definition) is 0. The normalized spacial score (nSPS) is 14.1. The van der Waals surface area contributed by atoms with E-state index in [1.807, 2.05) is 46.8 Å². The fourth-order valence-electron chi connectivity index (χ4n) is 1.37. The minimum atomic E-state index is -1.28. The lowest BCUT2D eigenvalue weighted by Crippen LogP contribution is -2.20. The third-order valence-corrected chi connectivity index (χ3v) is 3.86. The van der Waals surface area contributed by atoms with Crippen molar-refractivity contribution in [2.45, 2.75) is 39.4 Å². The second kappa shape index (κ2) is 5.45. The Hall–Kier alpha value is -1.47. The van der Waals surface area contributed by atoms with Crippen LogP contribution < -0.4 is 0 Å². The van der Waals surface area contributed by atoms with Crippen molar-refractivity contribution in [2.24, 2.45) is 4.40 Å². The van der Waals surface area contributed by atoms with Crippen LogP contribution in [0.1, 0.15) is 44.4 Å². The van der Waals surface area contributed by atoms with Crippen LogP contribution in [0.15, 0.2) is 22.6 Å². The molecule has 1 atom stereocenters. The number of aryl methyl sites for hydroxylation is 1. The Labute approximate surface area is 111 Å². The van der Waals surface area contributed by atoms with Gasteiger partial charge in [0.2, 0.25) is 0 Å². The Morgan fingerprint density at radius 3 is 2.44 bits per heavy atom. The fraction of sp³-hybridized carbons (Fsp3) is 0.429. The van der Waals surface area contributed by atoms with Gasteiger partial charge in [-0.25, -0.2) is 4.21 Å². The van der Waals surface area contributed by atoms with Gasteiger partial charge in [0.25, 0.3) is 0 Å². The summed E-state index contributed by atoms with van der Waals surface area (Å²) in [6.45, 7) is 9.41. The summed E-state index contributed by atoms with van der Waals surface area (Å²) in [5.41, 5.74) is 3.15. The van der Waals surface area contributed by atoms with E-state index in [0.717, 1.165) is 11.1 Å².